The highest BCUT2D eigenvalue weighted by Crippen LogP contribution is 2.34. The Morgan fingerprint density at radius 2 is 1.70 bits per heavy atom. The van der Waals surface area contributed by atoms with Crippen LogP contribution in [0.15, 0.2) is 47.4 Å². The Balaban J connectivity index is 1.44. The summed E-state index contributed by atoms with van der Waals surface area (Å²) in [5, 5.41) is 2.95. The van der Waals surface area contributed by atoms with Crippen LogP contribution < -0.4 is 14.8 Å². The Labute approximate surface area is 271 Å². The maximum atomic E-state index is 13.9. The molecule has 2 N–H and O–H groups in total. The Hall–Kier alpha value is -4.19. The second kappa shape index (κ2) is 13.3. The van der Waals surface area contributed by atoms with Gasteiger partial charge in [0.1, 0.15) is 5.60 Å². The number of ether oxygens (including phenoxy) is 2. The first kappa shape index (κ1) is 33.2. The zero-order valence-corrected chi connectivity index (χ0v) is 28.2. The number of aromatic nitrogens is 2. The molecule has 46 heavy (non-hydrogen) atoms. The first-order valence-corrected chi connectivity index (χ1v) is 17.2. The third-order valence-corrected chi connectivity index (χ3v) is 9.66. The van der Waals surface area contributed by atoms with Gasteiger partial charge in [-0.05, 0) is 103 Å². The van der Waals surface area contributed by atoms with Gasteiger partial charge in [-0.1, -0.05) is 24.3 Å². The smallest absolute Gasteiger partial charge is 0.407 e. The highest BCUT2D eigenvalue weighted by atomic mass is 32.2. The van der Waals surface area contributed by atoms with Crippen LogP contribution in [0.1, 0.15) is 79.9 Å². The van der Waals surface area contributed by atoms with Crippen molar-refractivity contribution < 1.29 is 27.5 Å². The van der Waals surface area contributed by atoms with Crippen LogP contribution in [0.5, 0.6) is 5.88 Å². The van der Waals surface area contributed by atoms with Crippen molar-refractivity contribution in [2.45, 2.75) is 96.2 Å². The van der Waals surface area contributed by atoms with E-state index < -0.39 is 21.7 Å². The molecule has 1 aliphatic heterocycles. The normalized spacial score (nSPS) is 20.1. The number of carbonyl (C=O) groups is 2. The summed E-state index contributed by atoms with van der Waals surface area (Å²) < 4.78 is 41.3. The van der Waals surface area contributed by atoms with Crippen molar-refractivity contribution in [1.29, 1.82) is 0 Å². The molecule has 4 bridgehead atoms. The molecule has 0 radical (unpaired) electrons. The number of benzene rings is 2. The number of fused-ring (bicyclic) bond motifs is 4. The van der Waals surface area contributed by atoms with E-state index in [1.54, 1.807) is 12.1 Å². The first-order valence-electron chi connectivity index (χ1n) is 15.7. The third-order valence-electron chi connectivity index (χ3n) is 8.34. The summed E-state index contributed by atoms with van der Waals surface area (Å²) in [6, 6.07) is 11.8. The van der Waals surface area contributed by atoms with E-state index in [0.717, 1.165) is 16.7 Å². The molecule has 0 unspecified atom stereocenters. The van der Waals surface area contributed by atoms with Gasteiger partial charge in [0.2, 0.25) is 11.8 Å². The third kappa shape index (κ3) is 7.60. The van der Waals surface area contributed by atoms with E-state index in [9.17, 15) is 18.0 Å². The molecule has 5 rings (SSSR count). The number of rotatable bonds is 3. The van der Waals surface area contributed by atoms with Gasteiger partial charge >= 0.3 is 6.09 Å². The maximum absolute atomic E-state index is 13.9. The number of nitrogens with zero attached hydrogens (tertiary/aromatic N) is 3. The van der Waals surface area contributed by atoms with E-state index in [1.807, 2.05) is 64.6 Å². The van der Waals surface area contributed by atoms with Crippen molar-refractivity contribution in [2.75, 3.05) is 17.9 Å². The van der Waals surface area contributed by atoms with Crippen LogP contribution >= 0.6 is 0 Å². The fourth-order valence-electron chi connectivity index (χ4n) is 6.11. The monoisotopic (exact) mass is 649 g/mol. The summed E-state index contributed by atoms with van der Waals surface area (Å²) >= 11 is 0. The lowest BCUT2D eigenvalue weighted by Gasteiger charge is -2.37. The van der Waals surface area contributed by atoms with Gasteiger partial charge in [0.05, 0.1) is 17.2 Å². The van der Waals surface area contributed by atoms with Crippen LogP contribution in [0.4, 0.5) is 10.7 Å². The van der Waals surface area contributed by atoms with Gasteiger partial charge in [-0.25, -0.2) is 22.9 Å². The SMILES string of the molecule is Cc1cccc(C)c1-c1nc2nc(c1C)OCCCN(C1CCC(NC(=O)OC(C)(C)C)CC1)C(=O)c1cccc(c1)S(=O)(=O)N2. The molecule has 2 heterocycles. The van der Waals surface area contributed by atoms with E-state index in [2.05, 4.69) is 20.0 Å². The zero-order chi connectivity index (χ0) is 33.2. The lowest BCUT2D eigenvalue weighted by atomic mass is 9.89. The summed E-state index contributed by atoms with van der Waals surface area (Å²) in [6.45, 7) is 12.0. The molecular formula is C34H43N5O6S. The van der Waals surface area contributed by atoms with Crippen molar-refractivity contribution in [2.24, 2.45) is 0 Å². The van der Waals surface area contributed by atoms with Crippen molar-refractivity contribution >= 4 is 28.0 Å². The average molecular weight is 650 g/mol. The average Bonchev–Trinajstić information content (AvgIpc) is 2.98. The standard InChI is InChI=1S/C34H43N5O6S/c1-21-10-7-11-22(2)28(21)29-23(3)30-37-32(36-29)38-46(42,43)27-13-8-12-24(20-27)31(40)39(18-9-19-44-30)26-16-14-25(15-17-26)35-33(41)45-34(4,5)6/h7-8,10-13,20,25-26H,9,14-19H2,1-6H3,(H,35,41)(H,36,37,38). The van der Waals surface area contributed by atoms with Crippen LogP contribution in [0.25, 0.3) is 11.3 Å². The Morgan fingerprint density at radius 3 is 2.37 bits per heavy atom. The second-order valence-electron chi connectivity index (χ2n) is 13.1. The van der Waals surface area contributed by atoms with Crippen LogP contribution in [-0.4, -0.2) is 66.1 Å². The quantitative estimate of drug-likeness (QED) is 0.356. The molecule has 2 aromatic carbocycles. The highest BCUT2D eigenvalue weighted by molar-refractivity contribution is 7.92. The van der Waals surface area contributed by atoms with Crippen molar-refractivity contribution in [1.82, 2.24) is 20.2 Å². The summed E-state index contributed by atoms with van der Waals surface area (Å²) in [4.78, 5) is 37.1. The number of hydrogen-bond acceptors (Lipinski definition) is 8. The van der Waals surface area contributed by atoms with Gasteiger partial charge in [-0.3, -0.25) is 4.79 Å². The number of aryl methyl sites for hydroxylation is 2. The topological polar surface area (TPSA) is 140 Å². The summed E-state index contributed by atoms with van der Waals surface area (Å²) in [7, 11) is -4.15. The number of carbonyl (C=O) groups excluding carboxylic acids is 2. The predicted octanol–water partition coefficient (Wildman–Crippen LogP) is 5.93. The van der Waals surface area contributed by atoms with Gasteiger partial charge in [-0.2, -0.15) is 4.98 Å². The number of hydrogen-bond donors (Lipinski definition) is 2. The molecule has 12 heteroatoms. The van der Waals surface area contributed by atoms with Crippen LogP contribution in [0.3, 0.4) is 0 Å². The second-order valence-corrected chi connectivity index (χ2v) is 14.8. The molecule has 1 saturated carbocycles. The number of nitrogens with one attached hydrogen (secondary N) is 2. The summed E-state index contributed by atoms with van der Waals surface area (Å²) in [5.41, 5.74) is 3.85. The summed E-state index contributed by atoms with van der Waals surface area (Å²) in [6.07, 6.45) is 2.82. The molecule has 2 amide bonds. The van der Waals surface area contributed by atoms with E-state index >= 15 is 0 Å². The minimum atomic E-state index is -4.15. The fraction of sp³-hybridized carbons (Fsp3) is 0.471. The molecule has 2 aliphatic rings. The minimum absolute atomic E-state index is 0.0511. The van der Waals surface area contributed by atoms with E-state index in [4.69, 9.17) is 9.47 Å². The molecule has 1 aliphatic carbocycles. The van der Waals surface area contributed by atoms with E-state index in [1.165, 1.54) is 12.1 Å². The predicted molar refractivity (Wildman–Crippen MR) is 175 cm³/mol. The van der Waals surface area contributed by atoms with Gasteiger partial charge < -0.3 is 19.7 Å². The Bertz CT molecular complexity index is 1710. The van der Waals surface area contributed by atoms with Gasteiger partial charge in [0, 0.05) is 35.3 Å². The molecule has 246 valence electrons. The van der Waals surface area contributed by atoms with Crippen LogP contribution in [0.2, 0.25) is 0 Å². The molecule has 0 atom stereocenters. The number of sulfonamides is 1. The highest BCUT2D eigenvalue weighted by Gasteiger charge is 2.32. The van der Waals surface area contributed by atoms with Crippen molar-refractivity contribution in [3.63, 3.8) is 0 Å². The lowest BCUT2D eigenvalue weighted by Crippen LogP contribution is -2.47. The Morgan fingerprint density at radius 1 is 1.02 bits per heavy atom. The number of anilines is 1. The van der Waals surface area contributed by atoms with Crippen LogP contribution in [-0.2, 0) is 14.8 Å². The van der Waals surface area contributed by atoms with Crippen LogP contribution in [0, 0.1) is 20.8 Å². The number of alkyl carbamates (subject to hydrolysis) is 1. The molecule has 1 fully saturated rings. The maximum Gasteiger partial charge on any atom is 0.407 e. The largest absolute Gasteiger partial charge is 0.477 e. The van der Waals surface area contributed by atoms with Crippen molar-refractivity contribution in [3.05, 3.63) is 64.7 Å². The fourth-order valence-corrected chi connectivity index (χ4v) is 7.10. The molecule has 11 nitrogen and oxygen atoms in total. The molecule has 3 aromatic rings. The van der Waals surface area contributed by atoms with Gasteiger partial charge in [-0.15, -0.1) is 0 Å². The Kier molecular flexibility index (Phi) is 9.57. The van der Waals surface area contributed by atoms with Crippen molar-refractivity contribution in [3.8, 4) is 17.1 Å². The minimum Gasteiger partial charge on any atom is -0.477 e. The summed E-state index contributed by atoms with van der Waals surface area (Å²) in [5.74, 6) is -0.0749. The zero-order valence-electron chi connectivity index (χ0n) is 27.3. The first-order chi connectivity index (χ1) is 21.7. The molecule has 0 spiro atoms. The molecule has 1 aromatic heterocycles. The van der Waals surface area contributed by atoms with E-state index in [-0.39, 0.29) is 46.9 Å². The number of amides is 2. The lowest BCUT2D eigenvalue weighted by molar-refractivity contribution is 0.0454. The molecular weight excluding hydrogens is 606 g/mol. The van der Waals surface area contributed by atoms with Gasteiger partial charge in [0.25, 0.3) is 15.9 Å². The van der Waals surface area contributed by atoms with E-state index in [0.29, 0.717) is 49.9 Å². The molecule has 0 saturated heterocycles. The van der Waals surface area contributed by atoms with Gasteiger partial charge in [0.15, 0.2) is 0 Å².